The van der Waals surface area contributed by atoms with Crippen LogP contribution in [0.5, 0.6) is 0 Å². The van der Waals surface area contributed by atoms with Gasteiger partial charge in [0.05, 0.1) is 0 Å². The van der Waals surface area contributed by atoms with Gasteiger partial charge in [0.15, 0.2) is 0 Å². The molecule has 0 saturated heterocycles. The number of carboxylic acids is 1. The Morgan fingerprint density at radius 3 is 1.46 bits per heavy atom. The van der Waals surface area contributed by atoms with E-state index in [0.717, 1.165) is 19.3 Å². The molecule has 26 heavy (non-hydrogen) atoms. The number of hydrogen-bond donors (Lipinski definition) is 2. The molecular weight excluding hydrogens is 326 g/mol. The predicted octanol–water partition coefficient (Wildman–Crippen LogP) is 5.87. The van der Waals surface area contributed by atoms with Gasteiger partial charge in [0, 0.05) is 6.42 Å². The van der Waals surface area contributed by atoms with Crippen LogP contribution in [0.25, 0.3) is 0 Å². The second-order valence-corrected chi connectivity index (χ2v) is 7.63. The van der Waals surface area contributed by atoms with Crippen molar-refractivity contribution < 1.29 is 14.7 Å². The van der Waals surface area contributed by atoms with Gasteiger partial charge < -0.3 is 10.8 Å². The lowest BCUT2D eigenvalue weighted by molar-refractivity contribution is -0.146. The van der Waals surface area contributed by atoms with E-state index in [0.29, 0.717) is 6.42 Å². The van der Waals surface area contributed by atoms with Gasteiger partial charge in [-0.25, -0.2) is 0 Å². The van der Waals surface area contributed by atoms with E-state index in [-0.39, 0.29) is 18.7 Å². The van der Waals surface area contributed by atoms with Crippen LogP contribution in [0.15, 0.2) is 0 Å². The van der Waals surface area contributed by atoms with Crippen LogP contribution in [0.1, 0.15) is 116 Å². The first-order chi connectivity index (χ1) is 12.6. The summed E-state index contributed by atoms with van der Waals surface area (Å²) in [7, 11) is 0. The zero-order valence-electron chi connectivity index (χ0n) is 17.1. The van der Waals surface area contributed by atoms with Crippen molar-refractivity contribution >= 4 is 11.8 Å². The highest BCUT2D eigenvalue weighted by Gasteiger charge is 2.24. The van der Waals surface area contributed by atoms with Gasteiger partial charge in [-0.1, -0.05) is 96.8 Å². The average molecular weight is 370 g/mol. The molecule has 4 nitrogen and oxygen atoms in total. The molecule has 0 spiro atoms. The lowest BCUT2D eigenvalue weighted by Gasteiger charge is -2.09. The maximum atomic E-state index is 11.9. The van der Waals surface area contributed by atoms with Gasteiger partial charge in [0.25, 0.3) is 0 Å². The smallest absolute Gasteiger partial charge is 0.314 e. The summed E-state index contributed by atoms with van der Waals surface area (Å²) in [6.45, 7) is 2.51. The highest BCUT2D eigenvalue weighted by atomic mass is 16.4. The number of hydrogen-bond acceptors (Lipinski definition) is 3. The Labute approximate surface area is 161 Å². The van der Waals surface area contributed by atoms with Gasteiger partial charge in [-0.3, -0.25) is 9.59 Å². The molecule has 0 saturated carbocycles. The molecule has 0 aliphatic carbocycles. The summed E-state index contributed by atoms with van der Waals surface area (Å²) in [5.41, 5.74) is 5.38. The third-order valence-electron chi connectivity index (χ3n) is 5.17. The summed E-state index contributed by atoms with van der Waals surface area (Å²) >= 11 is 0. The highest BCUT2D eigenvalue weighted by Crippen LogP contribution is 2.15. The minimum absolute atomic E-state index is 0.155. The molecule has 0 aromatic rings. The van der Waals surface area contributed by atoms with Crippen molar-refractivity contribution in [1.82, 2.24) is 0 Å². The Kier molecular flexibility index (Phi) is 18.2. The topological polar surface area (TPSA) is 80.4 Å². The van der Waals surface area contributed by atoms with Crippen molar-refractivity contribution in [3.63, 3.8) is 0 Å². The summed E-state index contributed by atoms with van der Waals surface area (Å²) in [6, 6.07) is 0. The normalized spacial score (nSPS) is 12.2. The van der Waals surface area contributed by atoms with Gasteiger partial charge in [-0.05, 0) is 19.4 Å². The molecule has 0 bridgehead atoms. The van der Waals surface area contributed by atoms with Crippen molar-refractivity contribution in [3.8, 4) is 0 Å². The second kappa shape index (κ2) is 18.9. The Balaban J connectivity index is 3.33. The number of carbonyl (C=O) groups is 2. The molecule has 0 aliphatic rings. The number of Topliss-reactive ketones (excluding diaryl/α,β-unsaturated/α-hetero) is 1. The monoisotopic (exact) mass is 369 g/mol. The van der Waals surface area contributed by atoms with Crippen LogP contribution in [0.2, 0.25) is 0 Å². The van der Waals surface area contributed by atoms with Crippen LogP contribution in [-0.2, 0) is 9.59 Å². The standard InChI is InChI=1S/C22H43NO3/c1-2-3-4-5-6-7-8-9-10-11-12-13-14-15-16-17-21(24)20(18-19-23)22(25)26/h20H,2-19,23H2,1H3,(H,25,26). The van der Waals surface area contributed by atoms with E-state index in [4.69, 9.17) is 10.8 Å². The van der Waals surface area contributed by atoms with Crippen LogP contribution in [0, 0.1) is 5.92 Å². The van der Waals surface area contributed by atoms with Gasteiger partial charge >= 0.3 is 5.97 Å². The number of carboxylic acid groups (broad SMARTS) is 1. The number of carbonyl (C=O) groups excluding carboxylic acids is 1. The van der Waals surface area contributed by atoms with Crippen molar-refractivity contribution in [1.29, 1.82) is 0 Å². The lowest BCUT2D eigenvalue weighted by atomic mass is 9.95. The van der Waals surface area contributed by atoms with Crippen molar-refractivity contribution in [2.24, 2.45) is 11.7 Å². The first-order valence-electron chi connectivity index (χ1n) is 11.1. The molecule has 0 aromatic carbocycles. The summed E-state index contributed by atoms with van der Waals surface area (Å²) in [6.07, 6.45) is 19.9. The molecule has 3 N–H and O–H groups in total. The largest absolute Gasteiger partial charge is 0.481 e. The van der Waals surface area contributed by atoms with E-state index >= 15 is 0 Å². The van der Waals surface area contributed by atoms with E-state index in [1.807, 2.05) is 0 Å². The highest BCUT2D eigenvalue weighted by molar-refractivity contribution is 5.98. The summed E-state index contributed by atoms with van der Waals surface area (Å²) < 4.78 is 0. The average Bonchev–Trinajstić information content (AvgIpc) is 2.62. The maximum Gasteiger partial charge on any atom is 0.314 e. The fourth-order valence-electron chi connectivity index (χ4n) is 3.43. The fourth-order valence-corrected chi connectivity index (χ4v) is 3.43. The molecule has 0 aromatic heterocycles. The first kappa shape index (κ1) is 25.1. The number of ketones is 1. The number of aliphatic carboxylic acids is 1. The van der Waals surface area contributed by atoms with Crippen LogP contribution >= 0.6 is 0 Å². The predicted molar refractivity (Wildman–Crippen MR) is 109 cm³/mol. The van der Waals surface area contributed by atoms with Gasteiger partial charge in [-0.15, -0.1) is 0 Å². The Hall–Kier alpha value is -0.900. The van der Waals surface area contributed by atoms with E-state index in [2.05, 4.69) is 6.92 Å². The molecular formula is C22H43NO3. The quantitative estimate of drug-likeness (QED) is 0.208. The maximum absolute atomic E-state index is 11.9. The molecule has 0 heterocycles. The third kappa shape index (κ3) is 15.4. The van der Waals surface area contributed by atoms with Crippen LogP contribution < -0.4 is 5.73 Å². The van der Waals surface area contributed by atoms with E-state index < -0.39 is 11.9 Å². The van der Waals surface area contributed by atoms with Crippen molar-refractivity contribution in [2.75, 3.05) is 6.54 Å². The van der Waals surface area contributed by atoms with Gasteiger partial charge in [-0.2, -0.15) is 0 Å². The lowest BCUT2D eigenvalue weighted by Crippen LogP contribution is -2.26. The number of nitrogens with two attached hydrogens (primary N) is 1. The molecule has 1 unspecified atom stereocenters. The Bertz CT molecular complexity index is 344. The van der Waals surface area contributed by atoms with Crippen LogP contribution in [0.4, 0.5) is 0 Å². The minimum Gasteiger partial charge on any atom is -0.481 e. The van der Waals surface area contributed by atoms with E-state index in [9.17, 15) is 9.59 Å². The fraction of sp³-hybridized carbons (Fsp3) is 0.909. The number of rotatable bonds is 20. The van der Waals surface area contributed by atoms with E-state index in [1.54, 1.807) is 0 Å². The molecule has 4 heteroatoms. The molecule has 0 aliphatic heterocycles. The summed E-state index contributed by atoms with van der Waals surface area (Å²) in [5.74, 6) is -2.08. The second-order valence-electron chi connectivity index (χ2n) is 7.63. The van der Waals surface area contributed by atoms with Gasteiger partial charge in [0.2, 0.25) is 0 Å². The Morgan fingerprint density at radius 2 is 1.12 bits per heavy atom. The number of unbranched alkanes of at least 4 members (excludes halogenated alkanes) is 14. The van der Waals surface area contributed by atoms with Crippen LogP contribution in [0.3, 0.4) is 0 Å². The summed E-state index contributed by atoms with van der Waals surface area (Å²) in [5, 5.41) is 9.02. The SMILES string of the molecule is CCCCCCCCCCCCCCCCCC(=O)C(CCN)C(=O)O. The zero-order valence-corrected chi connectivity index (χ0v) is 17.1. The van der Waals surface area contributed by atoms with E-state index in [1.165, 1.54) is 77.0 Å². The van der Waals surface area contributed by atoms with Crippen molar-refractivity contribution in [3.05, 3.63) is 0 Å². The molecule has 1 atom stereocenters. The van der Waals surface area contributed by atoms with Crippen LogP contribution in [-0.4, -0.2) is 23.4 Å². The first-order valence-corrected chi connectivity index (χ1v) is 11.1. The minimum atomic E-state index is -1.03. The third-order valence-corrected chi connectivity index (χ3v) is 5.17. The van der Waals surface area contributed by atoms with Gasteiger partial charge in [0.1, 0.15) is 11.7 Å². The summed E-state index contributed by atoms with van der Waals surface area (Å²) in [4.78, 5) is 22.9. The molecule has 154 valence electrons. The Morgan fingerprint density at radius 1 is 0.731 bits per heavy atom. The molecule has 0 radical (unpaired) electrons. The molecule has 0 rings (SSSR count). The molecule has 0 fully saturated rings. The zero-order chi connectivity index (χ0) is 19.5. The van der Waals surface area contributed by atoms with Crippen molar-refractivity contribution in [2.45, 2.75) is 116 Å². The molecule has 0 amide bonds.